The van der Waals surface area contributed by atoms with E-state index in [-0.39, 0.29) is 6.04 Å². The fraction of sp³-hybridized carbons (Fsp3) is 0.250. The molecule has 0 bridgehead atoms. The van der Waals surface area contributed by atoms with Crippen LogP contribution < -0.4 is 5.32 Å². The summed E-state index contributed by atoms with van der Waals surface area (Å²) in [7, 11) is 0. The summed E-state index contributed by atoms with van der Waals surface area (Å²) < 4.78 is 0. The largest absolute Gasteiger partial charge is 0.508 e. The molecular weight excluding hydrogens is 220 g/mol. The van der Waals surface area contributed by atoms with Gasteiger partial charge >= 0.3 is 0 Å². The molecule has 1 unspecified atom stereocenters. The zero-order valence-corrected chi connectivity index (χ0v) is 9.87. The summed E-state index contributed by atoms with van der Waals surface area (Å²) >= 11 is 1.65. The number of phenols is 1. The van der Waals surface area contributed by atoms with E-state index in [2.05, 4.69) is 17.2 Å². The smallest absolute Gasteiger partial charge is 0.115 e. The van der Waals surface area contributed by atoms with Gasteiger partial charge in [0, 0.05) is 18.1 Å². The quantitative estimate of drug-likeness (QED) is 0.855. The molecule has 0 radical (unpaired) electrons. The molecule has 0 amide bonds. The monoisotopic (exact) mass is 234 g/mol. The maximum absolute atomic E-state index is 9.32. The first-order chi connectivity index (χ1) is 7.75. The van der Waals surface area contributed by atoms with Crippen LogP contribution in [0.1, 0.15) is 23.5 Å². The minimum atomic E-state index is 0.238. The van der Waals surface area contributed by atoms with Gasteiger partial charge in [-0.25, -0.2) is 4.98 Å². The van der Waals surface area contributed by atoms with Crippen molar-refractivity contribution in [1.29, 1.82) is 0 Å². The summed E-state index contributed by atoms with van der Waals surface area (Å²) in [6, 6.07) is 7.51. The SMILES string of the molecule is CC(NCc1cccc(O)c1)c1nccs1. The Morgan fingerprint density at radius 3 is 3.06 bits per heavy atom. The van der Waals surface area contributed by atoms with E-state index >= 15 is 0 Å². The van der Waals surface area contributed by atoms with Crippen LogP contribution in [0.15, 0.2) is 35.8 Å². The van der Waals surface area contributed by atoms with Gasteiger partial charge in [0.05, 0.1) is 6.04 Å². The molecule has 0 aliphatic carbocycles. The van der Waals surface area contributed by atoms with Gasteiger partial charge in [0.25, 0.3) is 0 Å². The van der Waals surface area contributed by atoms with Gasteiger partial charge < -0.3 is 10.4 Å². The van der Waals surface area contributed by atoms with Crippen LogP contribution >= 0.6 is 11.3 Å². The normalized spacial score (nSPS) is 12.6. The van der Waals surface area contributed by atoms with E-state index in [1.54, 1.807) is 23.5 Å². The molecule has 0 aliphatic heterocycles. The average Bonchev–Trinajstić information content (AvgIpc) is 2.79. The Morgan fingerprint density at radius 2 is 2.38 bits per heavy atom. The molecule has 2 aromatic rings. The number of hydrogen-bond acceptors (Lipinski definition) is 4. The second-order valence-corrected chi connectivity index (χ2v) is 4.57. The first-order valence-corrected chi connectivity index (χ1v) is 6.04. The first-order valence-electron chi connectivity index (χ1n) is 5.16. The summed E-state index contributed by atoms with van der Waals surface area (Å²) in [6.07, 6.45) is 1.81. The van der Waals surface area contributed by atoms with E-state index in [4.69, 9.17) is 0 Å². The van der Waals surface area contributed by atoms with E-state index < -0.39 is 0 Å². The van der Waals surface area contributed by atoms with E-state index in [0.717, 1.165) is 17.1 Å². The van der Waals surface area contributed by atoms with Crippen LogP contribution in [0.2, 0.25) is 0 Å². The van der Waals surface area contributed by atoms with Crippen LogP contribution in [0.3, 0.4) is 0 Å². The van der Waals surface area contributed by atoms with Gasteiger partial charge in [-0.15, -0.1) is 11.3 Å². The van der Waals surface area contributed by atoms with Gasteiger partial charge in [0.15, 0.2) is 0 Å². The van der Waals surface area contributed by atoms with Gasteiger partial charge in [-0.05, 0) is 24.6 Å². The van der Waals surface area contributed by atoms with Crippen molar-refractivity contribution < 1.29 is 5.11 Å². The van der Waals surface area contributed by atoms with Gasteiger partial charge in [-0.1, -0.05) is 12.1 Å². The fourth-order valence-electron chi connectivity index (χ4n) is 1.47. The number of nitrogens with one attached hydrogen (secondary N) is 1. The Bertz CT molecular complexity index is 442. The highest BCUT2D eigenvalue weighted by Crippen LogP contribution is 2.16. The topological polar surface area (TPSA) is 45.1 Å². The number of aromatic nitrogens is 1. The molecule has 1 aromatic carbocycles. The average molecular weight is 234 g/mol. The van der Waals surface area contributed by atoms with E-state index in [1.165, 1.54) is 0 Å². The van der Waals surface area contributed by atoms with Crippen molar-refractivity contribution in [3.05, 3.63) is 46.4 Å². The molecule has 16 heavy (non-hydrogen) atoms. The van der Waals surface area contributed by atoms with Crippen molar-refractivity contribution in [2.24, 2.45) is 0 Å². The summed E-state index contributed by atoms with van der Waals surface area (Å²) in [5.41, 5.74) is 1.07. The third kappa shape index (κ3) is 2.81. The number of rotatable bonds is 4. The minimum absolute atomic E-state index is 0.238. The molecule has 84 valence electrons. The van der Waals surface area contributed by atoms with Gasteiger partial charge in [0.1, 0.15) is 10.8 Å². The van der Waals surface area contributed by atoms with Gasteiger partial charge in [0.2, 0.25) is 0 Å². The Kier molecular flexibility index (Phi) is 3.54. The Hall–Kier alpha value is -1.39. The predicted octanol–water partition coefficient (Wildman–Crippen LogP) is 2.70. The molecule has 0 saturated heterocycles. The molecule has 2 rings (SSSR count). The Labute approximate surface area is 98.8 Å². The first kappa shape index (κ1) is 11.1. The maximum atomic E-state index is 9.32. The number of hydrogen-bond donors (Lipinski definition) is 2. The van der Waals surface area contributed by atoms with Crippen LogP contribution in [0.4, 0.5) is 0 Å². The molecular formula is C12H14N2OS. The zero-order valence-electron chi connectivity index (χ0n) is 9.05. The molecule has 1 aromatic heterocycles. The molecule has 0 aliphatic rings. The highest BCUT2D eigenvalue weighted by molar-refractivity contribution is 7.09. The van der Waals surface area contributed by atoms with Gasteiger partial charge in [-0.3, -0.25) is 0 Å². The molecule has 1 heterocycles. The molecule has 4 heteroatoms. The van der Waals surface area contributed by atoms with Crippen molar-refractivity contribution >= 4 is 11.3 Å². The highest BCUT2D eigenvalue weighted by atomic mass is 32.1. The summed E-state index contributed by atoms with van der Waals surface area (Å²) in [5.74, 6) is 0.307. The zero-order chi connectivity index (χ0) is 11.4. The van der Waals surface area contributed by atoms with Crippen molar-refractivity contribution in [1.82, 2.24) is 10.3 Å². The van der Waals surface area contributed by atoms with Crippen molar-refractivity contribution in [3.63, 3.8) is 0 Å². The number of thiazole rings is 1. The summed E-state index contributed by atoms with van der Waals surface area (Å²) in [5, 5.41) is 15.7. The fourth-order valence-corrected chi connectivity index (χ4v) is 2.14. The van der Waals surface area contributed by atoms with E-state index in [1.807, 2.05) is 23.7 Å². The number of phenolic OH excluding ortho intramolecular Hbond substituents is 1. The number of nitrogens with zero attached hydrogens (tertiary/aromatic N) is 1. The third-order valence-electron chi connectivity index (χ3n) is 2.34. The van der Waals surface area contributed by atoms with Crippen LogP contribution in [-0.2, 0) is 6.54 Å². The molecule has 0 spiro atoms. The lowest BCUT2D eigenvalue weighted by Crippen LogP contribution is -2.17. The number of benzene rings is 1. The third-order valence-corrected chi connectivity index (χ3v) is 3.30. The van der Waals surface area contributed by atoms with Crippen molar-refractivity contribution in [2.45, 2.75) is 19.5 Å². The summed E-state index contributed by atoms with van der Waals surface area (Å²) in [6.45, 7) is 2.82. The van der Waals surface area contributed by atoms with Crippen molar-refractivity contribution in [2.75, 3.05) is 0 Å². The Morgan fingerprint density at radius 1 is 1.50 bits per heavy atom. The lowest BCUT2D eigenvalue weighted by atomic mass is 10.2. The molecule has 1 atom stereocenters. The minimum Gasteiger partial charge on any atom is -0.508 e. The summed E-state index contributed by atoms with van der Waals surface area (Å²) in [4.78, 5) is 4.25. The maximum Gasteiger partial charge on any atom is 0.115 e. The van der Waals surface area contributed by atoms with Crippen LogP contribution in [0, 0.1) is 0 Å². The molecule has 3 nitrogen and oxygen atoms in total. The molecule has 0 saturated carbocycles. The molecule has 2 N–H and O–H groups in total. The van der Waals surface area contributed by atoms with Gasteiger partial charge in [-0.2, -0.15) is 0 Å². The van der Waals surface area contributed by atoms with Crippen LogP contribution in [-0.4, -0.2) is 10.1 Å². The molecule has 0 fully saturated rings. The number of aromatic hydroxyl groups is 1. The standard InChI is InChI=1S/C12H14N2OS/c1-9(12-13-5-6-16-12)14-8-10-3-2-4-11(15)7-10/h2-7,9,14-15H,8H2,1H3. The van der Waals surface area contributed by atoms with E-state index in [0.29, 0.717) is 5.75 Å². The second-order valence-electron chi connectivity index (χ2n) is 3.64. The van der Waals surface area contributed by atoms with Crippen molar-refractivity contribution in [3.8, 4) is 5.75 Å². The lowest BCUT2D eigenvalue weighted by Gasteiger charge is -2.11. The Balaban J connectivity index is 1.92. The van der Waals surface area contributed by atoms with Crippen LogP contribution in [0.5, 0.6) is 5.75 Å². The second kappa shape index (κ2) is 5.09. The van der Waals surface area contributed by atoms with Crippen LogP contribution in [0.25, 0.3) is 0 Å². The predicted molar refractivity (Wildman–Crippen MR) is 65.5 cm³/mol. The van der Waals surface area contributed by atoms with E-state index in [9.17, 15) is 5.11 Å². The lowest BCUT2D eigenvalue weighted by molar-refractivity contribution is 0.473. The highest BCUT2D eigenvalue weighted by Gasteiger charge is 2.06.